The predicted molar refractivity (Wildman–Crippen MR) is 120 cm³/mol. The molecule has 5 heterocycles. The number of carbonyl (C=O) groups is 2. The zero-order valence-corrected chi connectivity index (χ0v) is 18.4. The standard InChI is InChI=1S/C22H17N5O5S/c1-11-19-14(8-15(17-4-3-7-30-17)24-21(19)32-27-11)20(29)26-22-25-16(10-33-22)18-6-5-13(31-18)9-23-12(2)28/h3-8,10H,9H2,1-2H3,(H,23,28)(H,25,26,29). The Bertz CT molecular complexity index is 1460. The van der Waals surface area contributed by atoms with Crippen LogP contribution in [0.15, 0.2) is 55.3 Å². The van der Waals surface area contributed by atoms with E-state index in [0.29, 0.717) is 50.4 Å². The fraction of sp³-hybridized carbons (Fsp3) is 0.136. The summed E-state index contributed by atoms with van der Waals surface area (Å²) in [6.07, 6.45) is 1.53. The lowest BCUT2D eigenvalue weighted by molar-refractivity contribution is -0.119. The van der Waals surface area contributed by atoms with Crippen LogP contribution in [0.1, 0.15) is 28.7 Å². The number of pyridine rings is 1. The van der Waals surface area contributed by atoms with E-state index >= 15 is 0 Å². The third-order valence-corrected chi connectivity index (χ3v) is 5.54. The predicted octanol–water partition coefficient (Wildman–Crippen LogP) is 4.40. The van der Waals surface area contributed by atoms with Crippen molar-refractivity contribution in [2.45, 2.75) is 20.4 Å². The van der Waals surface area contributed by atoms with E-state index in [0.717, 1.165) is 0 Å². The van der Waals surface area contributed by atoms with Crippen LogP contribution >= 0.6 is 11.3 Å². The van der Waals surface area contributed by atoms with Crippen LogP contribution in [-0.2, 0) is 11.3 Å². The van der Waals surface area contributed by atoms with E-state index in [-0.39, 0.29) is 24.1 Å². The second kappa shape index (κ2) is 8.36. The summed E-state index contributed by atoms with van der Waals surface area (Å²) in [6, 6.07) is 8.65. The van der Waals surface area contributed by atoms with Crippen molar-refractivity contribution in [1.82, 2.24) is 20.4 Å². The number of amides is 2. The summed E-state index contributed by atoms with van der Waals surface area (Å²) >= 11 is 1.26. The largest absolute Gasteiger partial charge is 0.463 e. The second-order valence-corrected chi connectivity index (χ2v) is 8.01. The van der Waals surface area contributed by atoms with Gasteiger partial charge in [0.1, 0.15) is 17.1 Å². The summed E-state index contributed by atoms with van der Waals surface area (Å²) < 4.78 is 16.4. The van der Waals surface area contributed by atoms with Gasteiger partial charge in [-0.15, -0.1) is 11.3 Å². The molecule has 2 amide bonds. The molecule has 10 nitrogen and oxygen atoms in total. The lowest BCUT2D eigenvalue weighted by atomic mass is 10.1. The van der Waals surface area contributed by atoms with Crippen LogP contribution in [0.4, 0.5) is 5.13 Å². The first-order chi connectivity index (χ1) is 16.0. The number of nitrogens with one attached hydrogen (secondary N) is 2. The molecule has 0 aliphatic carbocycles. The Hall–Kier alpha value is -4.25. The molecule has 0 bridgehead atoms. The molecule has 0 radical (unpaired) electrons. The number of thiazole rings is 1. The topological polar surface area (TPSA) is 136 Å². The van der Waals surface area contributed by atoms with Gasteiger partial charge in [-0.2, -0.15) is 0 Å². The fourth-order valence-electron chi connectivity index (χ4n) is 3.26. The first-order valence-electron chi connectivity index (χ1n) is 9.89. The molecular formula is C22H17N5O5S. The Kier molecular flexibility index (Phi) is 5.23. The van der Waals surface area contributed by atoms with Gasteiger partial charge in [0.05, 0.1) is 29.5 Å². The quantitative estimate of drug-likeness (QED) is 0.378. The van der Waals surface area contributed by atoms with Gasteiger partial charge in [-0.1, -0.05) is 5.16 Å². The zero-order chi connectivity index (χ0) is 22.9. The smallest absolute Gasteiger partial charge is 0.259 e. The van der Waals surface area contributed by atoms with Crippen molar-refractivity contribution in [3.8, 4) is 22.9 Å². The molecule has 0 saturated heterocycles. The third-order valence-electron chi connectivity index (χ3n) is 4.79. The van der Waals surface area contributed by atoms with E-state index in [1.807, 2.05) is 0 Å². The Morgan fingerprint density at radius 1 is 1.12 bits per heavy atom. The first-order valence-corrected chi connectivity index (χ1v) is 10.8. The number of aromatic nitrogens is 3. The lowest BCUT2D eigenvalue weighted by Gasteiger charge is -2.05. The van der Waals surface area contributed by atoms with E-state index in [2.05, 4.69) is 25.8 Å². The minimum absolute atomic E-state index is 0.143. The third kappa shape index (κ3) is 4.13. The van der Waals surface area contributed by atoms with Gasteiger partial charge in [0.2, 0.25) is 5.91 Å². The van der Waals surface area contributed by atoms with Crippen LogP contribution in [0.25, 0.3) is 34.0 Å². The normalized spacial score (nSPS) is 11.1. The van der Waals surface area contributed by atoms with Crippen molar-refractivity contribution in [2.24, 2.45) is 0 Å². The summed E-state index contributed by atoms with van der Waals surface area (Å²) in [4.78, 5) is 33.1. The summed E-state index contributed by atoms with van der Waals surface area (Å²) in [5, 5.41) is 12.1. The molecule has 5 aromatic heterocycles. The molecule has 5 rings (SSSR count). The van der Waals surface area contributed by atoms with E-state index in [9.17, 15) is 9.59 Å². The summed E-state index contributed by atoms with van der Waals surface area (Å²) in [5.74, 6) is 1.12. The van der Waals surface area contributed by atoms with Gasteiger partial charge in [0, 0.05) is 12.3 Å². The van der Waals surface area contributed by atoms with Gasteiger partial charge in [-0.3, -0.25) is 14.9 Å². The summed E-state index contributed by atoms with van der Waals surface area (Å²) in [6.45, 7) is 3.47. The summed E-state index contributed by atoms with van der Waals surface area (Å²) in [7, 11) is 0. The van der Waals surface area contributed by atoms with Crippen molar-refractivity contribution in [3.05, 3.63) is 59.0 Å². The zero-order valence-electron chi connectivity index (χ0n) is 17.5. The van der Waals surface area contributed by atoms with E-state index < -0.39 is 0 Å². The minimum Gasteiger partial charge on any atom is -0.463 e. The van der Waals surface area contributed by atoms with Gasteiger partial charge in [0.15, 0.2) is 16.7 Å². The number of fused-ring (bicyclic) bond motifs is 1. The highest BCUT2D eigenvalue weighted by Crippen LogP contribution is 2.30. The minimum atomic E-state index is -0.381. The fourth-order valence-corrected chi connectivity index (χ4v) is 3.95. The lowest BCUT2D eigenvalue weighted by Crippen LogP contribution is -2.18. The van der Waals surface area contributed by atoms with Gasteiger partial charge >= 0.3 is 0 Å². The highest BCUT2D eigenvalue weighted by atomic mass is 32.1. The average molecular weight is 463 g/mol. The molecule has 11 heteroatoms. The Balaban J connectivity index is 1.40. The molecule has 33 heavy (non-hydrogen) atoms. The molecule has 5 aromatic rings. The molecule has 2 N–H and O–H groups in total. The molecule has 0 aliphatic rings. The molecule has 0 spiro atoms. The highest BCUT2D eigenvalue weighted by molar-refractivity contribution is 7.14. The molecule has 0 fully saturated rings. The van der Waals surface area contributed by atoms with Crippen molar-refractivity contribution < 1.29 is 22.9 Å². The Morgan fingerprint density at radius 3 is 2.79 bits per heavy atom. The maximum atomic E-state index is 13.2. The van der Waals surface area contributed by atoms with Crippen molar-refractivity contribution in [3.63, 3.8) is 0 Å². The number of aryl methyl sites for hydroxylation is 1. The number of hydrogen-bond acceptors (Lipinski definition) is 9. The van der Waals surface area contributed by atoms with Crippen LogP contribution in [0.3, 0.4) is 0 Å². The molecule has 0 atom stereocenters. The average Bonchev–Trinajstić information content (AvgIpc) is 3.59. The number of hydrogen-bond donors (Lipinski definition) is 2. The SMILES string of the molecule is CC(=O)NCc1ccc(-c2csc(NC(=O)c3cc(-c4ccco4)nc4onc(C)c34)n2)o1. The van der Waals surface area contributed by atoms with E-state index in [4.69, 9.17) is 13.4 Å². The van der Waals surface area contributed by atoms with Crippen molar-refractivity contribution >= 4 is 39.4 Å². The number of carbonyl (C=O) groups excluding carboxylic acids is 2. The van der Waals surface area contributed by atoms with Gasteiger partial charge in [-0.05, 0) is 37.3 Å². The summed E-state index contributed by atoms with van der Waals surface area (Å²) in [5.41, 5.74) is 2.17. The van der Waals surface area contributed by atoms with Crippen LogP contribution < -0.4 is 10.6 Å². The van der Waals surface area contributed by atoms with Crippen LogP contribution in [0, 0.1) is 6.92 Å². The molecule has 0 unspecified atom stereocenters. The number of anilines is 1. The Labute approximate surface area is 190 Å². The van der Waals surface area contributed by atoms with Gasteiger partial charge in [0.25, 0.3) is 11.6 Å². The first kappa shape index (κ1) is 20.6. The van der Waals surface area contributed by atoms with Gasteiger partial charge in [-0.25, -0.2) is 9.97 Å². The van der Waals surface area contributed by atoms with Gasteiger partial charge < -0.3 is 18.7 Å². The van der Waals surface area contributed by atoms with E-state index in [1.165, 1.54) is 24.5 Å². The van der Waals surface area contributed by atoms with Crippen LogP contribution in [-0.4, -0.2) is 26.9 Å². The van der Waals surface area contributed by atoms with Crippen LogP contribution in [0.5, 0.6) is 0 Å². The monoisotopic (exact) mass is 463 g/mol. The molecule has 0 aliphatic heterocycles. The van der Waals surface area contributed by atoms with Crippen molar-refractivity contribution in [2.75, 3.05) is 5.32 Å². The van der Waals surface area contributed by atoms with E-state index in [1.54, 1.807) is 42.6 Å². The molecular weight excluding hydrogens is 446 g/mol. The second-order valence-electron chi connectivity index (χ2n) is 7.15. The Morgan fingerprint density at radius 2 is 2.00 bits per heavy atom. The maximum absolute atomic E-state index is 13.2. The molecule has 0 aromatic carbocycles. The number of rotatable bonds is 6. The van der Waals surface area contributed by atoms with Crippen molar-refractivity contribution in [1.29, 1.82) is 0 Å². The maximum Gasteiger partial charge on any atom is 0.259 e. The number of nitrogens with zero attached hydrogens (tertiary/aromatic N) is 3. The highest BCUT2D eigenvalue weighted by Gasteiger charge is 2.21. The van der Waals surface area contributed by atoms with Crippen LogP contribution in [0.2, 0.25) is 0 Å². The number of furan rings is 2. The molecule has 0 saturated carbocycles. The molecule has 166 valence electrons.